The molecule has 1 aromatic rings. The van der Waals surface area contributed by atoms with E-state index in [1.165, 1.54) is 20.0 Å². The lowest BCUT2D eigenvalue weighted by Crippen LogP contribution is -2.40. The second-order valence-corrected chi connectivity index (χ2v) is 4.14. The number of aromatic nitrogens is 1. The van der Waals surface area contributed by atoms with Crippen LogP contribution in [-0.2, 0) is 4.79 Å². The molecule has 1 aromatic heterocycles. The predicted octanol–water partition coefficient (Wildman–Crippen LogP) is 1.59. The lowest BCUT2D eigenvalue weighted by Gasteiger charge is -2.21. The largest absolute Gasteiger partial charge is 0.480 e. The fourth-order valence-corrected chi connectivity index (χ4v) is 1.55. The van der Waals surface area contributed by atoms with Crippen molar-refractivity contribution in [1.82, 2.24) is 9.88 Å². The van der Waals surface area contributed by atoms with E-state index in [0.29, 0.717) is 11.3 Å². The van der Waals surface area contributed by atoms with Gasteiger partial charge in [-0.25, -0.2) is 9.78 Å². The Labute approximate surface area is 104 Å². The molecule has 17 heavy (non-hydrogen) atoms. The van der Waals surface area contributed by atoms with Gasteiger partial charge in [0.1, 0.15) is 11.2 Å². The fourth-order valence-electron chi connectivity index (χ4n) is 1.30. The maximum absolute atomic E-state index is 12.0. The van der Waals surface area contributed by atoms with Crippen LogP contribution < -0.4 is 0 Å². The minimum Gasteiger partial charge on any atom is -0.480 e. The Morgan fingerprint density at radius 3 is 2.53 bits per heavy atom. The van der Waals surface area contributed by atoms with Crippen molar-refractivity contribution in [1.29, 1.82) is 0 Å². The highest BCUT2D eigenvalue weighted by atomic mass is 35.5. The fraction of sp³-hybridized carbons (Fsp3) is 0.364. The number of hydrogen-bond donors (Lipinski definition) is 1. The minimum absolute atomic E-state index is 0.213. The van der Waals surface area contributed by atoms with Crippen LogP contribution in [0.1, 0.15) is 23.0 Å². The predicted molar refractivity (Wildman–Crippen MR) is 63.2 cm³/mol. The third kappa shape index (κ3) is 3.17. The van der Waals surface area contributed by atoms with E-state index >= 15 is 0 Å². The normalized spacial score (nSPS) is 12.0. The van der Waals surface area contributed by atoms with Crippen LogP contribution in [0.3, 0.4) is 0 Å². The first-order valence-corrected chi connectivity index (χ1v) is 5.35. The van der Waals surface area contributed by atoms with Crippen molar-refractivity contribution in [2.75, 3.05) is 7.05 Å². The zero-order chi connectivity index (χ0) is 13.2. The molecule has 92 valence electrons. The van der Waals surface area contributed by atoms with E-state index in [1.807, 2.05) is 0 Å². The minimum atomic E-state index is -1.06. The molecule has 0 spiro atoms. The van der Waals surface area contributed by atoms with Gasteiger partial charge >= 0.3 is 5.97 Å². The summed E-state index contributed by atoms with van der Waals surface area (Å²) in [6, 6.07) is 2.09. The summed E-state index contributed by atoms with van der Waals surface area (Å²) in [7, 11) is 1.44. The molecule has 0 aromatic carbocycles. The number of carbonyl (C=O) groups is 2. The molecule has 1 rings (SSSR count). The first-order chi connectivity index (χ1) is 7.82. The number of likely N-dealkylation sites (N-methyl/N-ethyl adjacent to an activating group) is 1. The van der Waals surface area contributed by atoms with E-state index in [4.69, 9.17) is 16.7 Å². The molecule has 0 saturated heterocycles. The number of carboxylic acids is 1. The highest BCUT2D eigenvalue weighted by Gasteiger charge is 2.23. The Balaban J connectivity index is 3.00. The molecule has 0 bridgehead atoms. The Morgan fingerprint density at radius 2 is 2.06 bits per heavy atom. The molecule has 6 heteroatoms. The van der Waals surface area contributed by atoms with Crippen molar-refractivity contribution in [2.24, 2.45) is 0 Å². The number of nitrogens with zero attached hydrogens (tertiary/aromatic N) is 2. The van der Waals surface area contributed by atoms with Crippen LogP contribution in [0.25, 0.3) is 0 Å². The van der Waals surface area contributed by atoms with Crippen LogP contribution in [0.15, 0.2) is 12.1 Å². The topological polar surface area (TPSA) is 70.5 Å². The molecule has 1 amide bonds. The van der Waals surface area contributed by atoms with Crippen LogP contribution in [0.4, 0.5) is 0 Å². The summed E-state index contributed by atoms with van der Waals surface area (Å²) in [5, 5.41) is 9.04. The Bertz CT molecular complexity index is 442. The highest BCUT2D eigenvalue weighted by molar-refractivity contribution is 6.29. The van der Waals surface area contributed by atoms with Gasteiger partial charge in [0.05, 0.1) is 0 Å². The van der Waals surface area contributed by atoms with Crippen molar-refractivity contribution in [3.05, 3.63) is 28.5 Å². The van der Waals surface area contributed by atoms with Crippen LogP contribution >= 0.6 is 11.6 Å². The average Bonchev–Trinajstić information content (AvgIpc) is 2.24. The number of rotatable bonds is 3. The molecular weight excluding hydrogens is 244 g/mol. The highest BCUT2D eigenvalue weighted by Crippen LogP contribution is 2.13. The van der Waals surface area contributed by atoms with Crippen molar-refractivity contribution < 1.29 is 14.7 Å². The molecule has 5 nitrogen and oxygen atoms in total. The molecule has 1 unspecified atom stereocenters. The number of halogens is 1. The van der Waals surface area contributed by atoms with Crippen molar-refractivity contribution in [3.63, 3.8) is 0 Å². The van der Waals surface area contributed by atoms with E-state index < -0.39 is 17.9 Å². The van der Waals surface area contributed by atoms with Crippen molar-refractivity contribution >= 4 is 23.5 Å². The first-order valence-electron chi connectivity index (χ1n) is 4.97. The third-order valence-electron chi connectivity index (χ3n) is 2.43. The van der Waals surface area contributed by atoms with Gasteiger partial charge in [-0.05, 0) is 26.0 Å². The summed E-state index contributed by atoms with van der Waals surface area (Å²) in [5.74, 6) is -1.45. The number of carboxylic acid groups (broad SMARTS) is 1. The average molecular weight is 257 g/mol. The Morgan fingerprint density at radius 1 is 1.47 bits per heavy atom. The van der Waals surface area contributed by atoms with E-state index in [9.17, 15) is 9.59 Å². The molecule has 1 atom stereocenters. The van der Waals surface area contributed by atoms with Gasteiger partial charge in [0.15, 0.2) is 0 Å². The van der Waals surface area contributed by atoms with Crippen LogP contribution in [0, 0.1) is 6.92 Å². The number of amides is 1. The van der Waals surface area contributed by atoms with Gasteiger partial charge in [-0.2, -0.15) is 0 Å². The van der Waals surface area contributed by atoms with Crippen LogP contribution in [0.5, 0.6) is 0 Å². The Kier molecular flexibility index (Phi) is 4.07. The summed E-state index contributed by atoms with van der Waals surface area (Å²) < 4.78 is 0. The van der Waals surface area contributed by atoms with Gasteiger partial charge in [0, 0.05) is 18.3 Å². The van der Waals surface area contributed by atoms with Gasteiger partial charge in [0.2, 0.25) is 0 Å². The molecule has 0 saturated carbocycles. The number of carbonyl (C=O) groups excluding carboxylic acids is 1. The van der Waals surface area contributed by atoms with Crippen molar-refractivity contribution in [3.8, 4) is 0 Å². The van der Waals surface area contributed by atoms with Crippen LogP contribution in [0.2, 0.25) is 5.15 Å². The monoisotopic (exact) mass is 256 g/mol. The van der Waals surface area contributed by atoms with Crippen molar-refractivity contribution in [2.45, 2.75) is 19.9 Å². The zero-order valence-corrected chi connectivity index (χ0v) is 10.5. The molecule has 0 aliphatic rings. The number of aliphatic carboxylic acids is 1. The summed E-state index contributed by atoms with van der Waals surface area (Å²) in [6.45, 7) is 3.15. The molecule has 1 N–H and O–H groups in total. The molecule has 0 aliphatic heterocycles. The number of aryl methyl sites for hydroxylation is 1. The summed E-state index contributed by atoms with van der Waals surface area (Å²) >= 11 is 5.74. The van der Waals surface area contributed by atoms with E-state index in [-0.39, 0.29) is 5.15 Å². The summed E-state index contributed by atoms with van der Waals surface area (Å²) in [4.78, 5) is 27.8. The van der Waals surface area contributed by atoms with Gasteiger partial charge in [-0.3, -0.25) is 4.79 Å². The summed E-state index contributed by atoms with van der Waals surface area (Å²) in [5.41, 5.74) is 0.940. The smallest absolute Gasteiger partial charge is 0.326 e. The van der Waals surface area contributed by atoms with Gasteiger partial charge in [0.25, 0.3) is 5.91 Å². The van der Waals surface area contributed by atoms with Gasteiger partial charge < -0.3 is 10.0 Å². The number of pyridine rings is 1. The zero-order valence-electron chi connectivity index (χ0n) is 9.77. The van der Waals surface area contributed by atoms with Gasteiger partial charge in [-0.1, -0.05) is 11.6 Å². The molecular formula is C11H13ClN2O3. The Hall–Kier alpha value is -1.62. The quantitative estimate of drug-likeness (QED) is 0.834. The third-order valence-corrected chi connectivity index (χ3v) is 2.62. The first kappa shape index (κ1) is 13.4. The second-order valence-electron chi connectivity index (χ2n) is 3.75. The van der Waals surface area contributed by atoms with E-state index in [0.717, 1.165) is 4.90 Å². The molecule has 1 heterocycles. The SMILES string of the molecule is Cc1cc(C(=O)N(C)C(C)C(=O)O)cc(Cl)n1. The standard InChI is InChI=1S/C11H13ClN2O3/c1-6-4-8(5-9(12)13-6)10(15)14(3)7(2)11(16)17/h4-5,7H,1-3H3,(H,16,17). The van der Waals surface area contributed by atoms with Crippen LogP contribution in [-0.4, -0.2) is 40.0 Å². The van der Waals surface area contributed by atoms with E-state index in [1.54, 1.807) is 13.0 Å². The lowest BCUT2D eigenvalue weighted by atomic mass is 10.2. The molecule has 0 aliphatic carbocycles. The maximum atomic E-state index is 12.0. The lowest BCUT2D eigenvalue weighted by molar-refractivity contribution is -0.141. The number of hydrogen-bond acceptors (Lipinski definition) is 3. The molecule has 0 fully saturated rings. The maximum Gasteiger partial charge on any atom is 0.326 e. The van der Waals surface area contributed by atoms with Gasteiger partial charge in [-0.15, -0.1) is 0 Å². The molecule has 0 radical (unpaired) electrons. The summed E-state index contributed by atoms with van der Waals surface area (Å²) in [6.07, 6.45) is 0. The van der Waals surface area contributed by atoms with E-state index in [2.05, 4.69) is 4.98 Å². The second kappa shape index (κ2) is 5.14.